The zero-order chi connectivity index (χ0) is 11.1. The summed E-state index contributed by atoms with van der Waals surface area (Å²) in [5, 5.41) is 0. The molecular formula is C13H21NO. The zero-order valence-electron chi connectivity index (χ0n) is 9.75. The van der Waals surface area contributed by atoms with Crippen molar-refractivity contribution in [2.24, 2.45) is 0 Å². The standard InChI is InChI=1S/C13H21NO/c1-3-4-5-6-7-11-8-9-12(14)10-13(11)15-2/h8-10H,3-7,14H2,1-2H3. The van der Waals surface area contributed by atoms with E-state index in [-0.39, 0.29) is 0 Å². The highest BCUT2D eigenvalue weighted by molar-refractivity contribution is 5.48. The van der Waals surface area contributed by atoms with Gasteiger partial charge in [-0.2, -0.15) is 0 Å². The molecule has 2 nitrogen and oxygen atoms in total. The Morgan fingerprint density at radius 3 is 2.67 bits per heavy atom. The fourth-order valence-electron chi connectivity index (χ4n) is 1.71. The van der Waals surface area contributed by atoms with Crippen LogP contribution in [0.4, 0.5) is 5.69 Å². The normalized spacial score (nSPS) is 10.3. The Morgan fingerprint density at radius 2 is 2.00 bits per heavy atom. The number of unbranched alkanes of at least 4 members (excludes halogenated alkanes) is 3. The van der Waals surface area contributed by atoms with Crippen molar-refractivity contribution in [3.63, 3.8) is 0 Å². The Hall–Kier alpha value is -1.18. The van der Waals surface area contributed by atoms with E-state index in [1.807, 2.05) is 12.1 Å². The lowest BCUT2D eigenvalue weighted by molar-refractivity contribution is 0.409. The Kier molecular flexibility index (Phi) is 5.02. The summed E-state index contributed by atoms with van der Waals surface area (Å²) in [4.78, 5) is 0. The molecule has 0 amide bonds. The van der Waals surface area contributed by atoms with Crippen LogP contribution in [-0.4, -0.2) is 7.11 Å². The van der Waals surface area contributed by atoms with Crippen LogP contribution >= 0.6 is 0 Å². The van der Waals surface area contributed by atoms with E-state index in [0.29, 0.717) is 0 Å². The van der Waals surface area contributed by atoms with Gasteiger partial charge in [0.05, 0.1) is 7.11 Å². The van der Waals surface area contributed by atoms with Gasteiger partial charge >= 0.3 is 0 Å². The highest BCUT2D eigenvalue weighted by Gasteiger charge is 2.02. The van der Waals surface area contributed by atoms with Crippen LogP contribution in [0.5, 0.6) is 5.75 Å². The molecule has 0 aromatic heterocycles. The molecule has 0 aliphatic carbocycles. The number of aryl methyl sites for hydroxylation is 1. The van der Waals surface area contributed by atoms with Crippen molar-refractivity contribution in [3.8, 4) is 5.75 Å². The van der Waals surface area contributed by atoms with Crippen molar-refractivity contribution in [3.05, 3.63) is 23.8 Å². The molecule has 0 fully saturated rings. The molecule has 2 heteroatoms. The first kappa shape index (κ1) is 11.9. The lowest BCUT2D eigenvalue weighted by Gasteiger charge is -2.08. The molecule has 0 aliphatic heterocycles. The number of benzene rings is 1. The lowest BCUT2D eigenvalue weighted by atomic mass is 10.0. The number of ether oxygens (including phenoxy) is 1. The maximum Gasteiger partial charge on any atom is 0.124 e. The maximum atomic E-state index is 5.70. The SMILES string of the molecule is CCCCCCc1ccc(N)cc1OC. The molecule has 84 valence electrons. The minimum absolute atomic E-state index is 0.768. The van der Waals surface area contributed by atoms with Gasteiger partial charge in [-0.05, 0) is 24.5 Å². The van der Waals surface area contributed by atoms with Crippen LogP contribution < -0.4 is 10.5 Å². The van der Waals surface area contributed by atoms with Gasteiger partial charge in [0.2, 0.25) is 0 Å². The molecule has 0 bridgehead atoms. The Balaban J connectivity index is 2.52. The molecule has 2 N–H and O–H groups in total. The third-order valence-electron chi connectivity index (χ3n) is 2.61. The number of methoxy groups -OCH3 is 1. The molecule has 1 rings (SSSR count). The van der Waals surface area contributed by atoms with Crippen molar-refractivity contribution in [2.75, 3.05) is 12.8 Å². The summed E-state index contributed by atoms with van der Waals surface area (Å²) in [6.07, 6.45) is 6.21. The summed E-state index contributed by atoms with van der Waals surface area (Å²) < 4.78 is 5.30. The average Bonchev–Trinajstić information content (AvgIpc) is 2.26. The van der Waals surface area contributed by atoms with Crippen molar-refractivity contribution in [2.45, 2.75) is 39.0 Å². The van der Waals surface area contributed by atoms with E-state index in [4.69, 9.17) is 10.5 Å². The lowest BCUT2D eigenvalue weighted by Crippen LogP contribution is -1.94. The number of nitrogens with two attached hydrogens (primary N) is 1. The molecule has 0 atom stereocenters. The van der Waals surface area contributed by atoms with E-state index in [1.54, 1.807) is 7.11 Å². The molecular weight excluding hydrogens is 186 g/mol. The zero-order valence-corrected chi connectivity index (χ0v) is 9.75. The van der Waals surface area contributed by atoms with E-state index in [2.05, 4.69) is 13.0 Å². The predicted molar refractivity (Wildman–Crippen MR) is 65.3 cm³/mol. The molecule has 1 aromatic carbocycles. The first-order valence-corrected chi connectivity index (χ1v) is 5.70. The Morgan fingerprint density at radius 1 is 1.20 bits per heavy atom. The summed E-state index contributed by atoms with van der Waals surface area (Å²) in [7, 11) is 1.70. The summed E-state index contributed by atoms with van der Waals surface area (Å²) >= 11 is 0. The van der Waals surface area contributed by atoms with Crippen LogP contribution in [0.1, 0.15) is 38.2 Å². The Bertz CT molecular complexity index is 297. The summed E-state index contributed by atoms with van der Waals surface area (Å²) in [5.74, 6) is 0.923. The third-order valence-corrected chi connectivity index (χ3v) is 2.61. The van der Waals surface area contributed by atoms with Gasteiger partial charge in [0.15, 0.2) is 0 Å². The average molecular weight is 207 g/mol. The smallest absolute Gasteiger partial charge is 0.124 e. The number of hydrogen-bond acceptors (Lipinski definition) is 2. The van der Waals surface area contributed by atoms with Crippen LogP contribution in [0.3, 0.4) is 0 Å². The molecule has 0 aliphatic rings. The van der Waals surface area contributed by atoms with Gasteiger partial charge in [0.25, 0.3) is 0 Å². The topological polar surface area (TPSA) is 35.2 Å². The summed E-state index contributed by atoms with van der Waals surface area (Å²) in [5.41, 5.74) is 7.73. The Labute approximate surface area is 92.4 Å². The van der Waals surface area contributed by atoms with Gasteiger partial charge in [0, 0.05) is 11.8 Å². The van der Waals surface area contributed by atoms with Gasteiger partial charge in [-0.3, -0.25) is 0 Å². The molecule has 0 heterocycles. The van der Waals surface area contributed by atoms with Crippen molar-refractivity contribution in [1.82, 2.24) is 0 Å². The molecule has 0 spiro atoms. The van der Waals surface area contributed by atoms with Crippen LogP contribution in [0.25, 0.3) is 0 Å². The van der Waals surface area contributed by atoms with Crippen LogP contribution in [0.15, 0.2) is 18.2 Å². The van der Waals surface area contributed by atoms with Crippen molar-refractivity contribution in [1.29, 1.82) is 0 Å². The number of rotatable bonds is 6. The van der Waals surface area contributed by atoms with Gasteiger partial charge in [-0.15, -0.1) is 0 Å². The van der Waals surface area contributed by atoms with Gasteiger partial charge < -0.3 is 10.5 Å². The molecule has 15 heavy (non-hydrogen) atoms. The highest BCUT2D eigenvalue weighted by Crippen LogP contribution is 2.23. The first-order valence-electron chi connectivity index (χ1n) is 5.70. The monoisotopic (exact) mass is 207 g/mol. The summed E-state index contributed by atoms with van der Waals surface area (Å²) in [6, 6.07) is 5.91. The van der Waals surface area contributed by atoms with E-state index in [9.17, 15) is 0 Å². The van der Waals surface area contributed by atoms with E-state index < -0.39 is 0 Å². The molecule has 1 aromatic rings. The van der Waals surface area contributed by atoms with Crippen molar-refractivity contribution >= 4 is 5.69 Å². The molecule has 0 saturated heterocycles. The largest absolute Gasteiger partial charge is 0.496 e. The fraction of sp³-hybridized carbons (Fsp3) is 0.538. The van der Waals surface area contributed by atoms with Crippen LogP contribution in [0.2, 0.25) is 0 Å². The van der Waals surface area contributed by atoms with Crippen molar-refractivity contribution < 1.29 is 4.74 Å². The predicted octanol–water partition coefficient (Wildman–Crippen LogP) is 3.40. The van der Waals surface area contributed by atoms with E-state index in [1.165, 1.54) is 31.2 Å². The molecule has 0 saturated carbocycles. The van der Waals surface area contributed by atoms with Gasteiger partial charge in [0.1, 0.15) is 5.75 Å². The highest BCUT2D eigenvalue weighted by atomic mass is 16.5. The summed E-state index contributed by atoms with van der Waals surface area (Å²) in [6.45, 7) is 2.23. The minimum Gasteiger partial charge on any atom is -0.496 e. The van der Waals surface area contributed by atoms with E-state index in [0.717, 1.165) is 17.9 Å². The number of anilines is 1. The second-order valence-electron chi connectivity index (χ2n) is 3.88. The number of hydrogen-bond donors (Lipinski definition) is 1. The quantitative estimate of drug-likeness (QED) is 0.573. The number of nitrogen functional groups attached to an aromatic ring is 1. The minimum atomic E-state index is 0.768. The second-order valence-corrected chi connectivity index (χ2v) is 3.88. The van der Waals surface area contributed by atoms with Gasteiger partial charge in [-0.25, -0.2) is 0 Å². The maximum absolute atomic E-state index is 5.70. The third kappa shape index (κ3) is 3.82. The molecule has 0 radical (unpaired) electrons. The van der Waals surface area contributed by atoms with Crippen LogP contribution in [-0.2, 0) is 6.42 Å². The van der Waals surface area contributed by atoms with Crippen LogP contribution in [0, 0.1) is 0 Å². The molecule has 0 unspecified atom stereocenters. The van der Waals surface area contributed by atoms with Gasteiger partial charge in [-0.1, -0.05) is 32.3 Å². The second kappa shape index (κ2) is 6.33. The van der Waals surface area contributed by atoms with E-state index >= 15 is 0 Å². The fourth-order valence-corrected chi connectivity index (χ4v) is 1.71. The first-order chi connectivity index (χ1) is 7.27.